The summed E-state index contributed by atoms with van der Waals surface area (Å²) >= 11 is 5.75. The lowest BCUT2D eigenvalue weighted by atomic mass is 10.2. The van der Waals surface area contributed by atoms with Crippen LogP contribution in [0, 0.1) is 0 Å². The fourth-order valence-corrected chi connectivity index (χ4v) is 1.64. The first-order valence-electron chi connectivity index (χ1n) is 5.57. The van der Waals surface area contributed by atoms with Gasteiger partial charge in [0.15, 0.2) is 0 Å². The third kappa shape index (κ3) is 3.33. The number of halogens is 1. The van der Waals surface area contributed by atoms with Gasteiger partial charge < -0.3 is 0 Å². The first kappa shape index (κ1) is 13.1. The molecule has 0 fully saturated rings. The van der Waals surface area contributed by atoms with Crippen LogP contribution in [0.1, 0.15) is 10.4 Å². The molecule has 4 nitrogen and oxygen atoms in total. The molecule has 1 N–H and O–H groups in total. The molecule has 2 aromatic rings. The molecule has 0 radical (unpaired) electrons. The van der Waals surface area contributed by atoms with Gasteiger partial charge in [-0.1, -0.05) is 29.8 Å². The van der Waals surface area contributed by atoms with Gasteiger partial charge in [-0.05, 0) is 36.4 Å². The molecule has 0 spiro atoms. The van der Waals surface area contributed by atoms with Crippen LogP contribution in [-0.2, 0) is 4.79 Å². The maximum absolute atomic E-state index is 11.9. The Morgan fingerprint density at radius 1 is 1.05 bits per heavy atom. The number of anilines is 1. The lowest BCUT2D eigenvalue weighted by Crippen LogP contribution is -2.41. The van der Waals surface area contributed by atoms with Gasteiger partial charge in [-0.15, -0.1) is 0 Å². The Kier molecular flexibility index (Phi) is 4.15. The van der Waals surface area contributed by atoms with Crippen molar-refractivity contribution in [2.24, 2.45) is 0 Å². The van der Waals surface area contributed by atoms with Crippen molar-refractivity contribution in [3.8, 4) is 0 Å². The fraction of sp³-hybridized carbons (Fsp3) is 0. The zero-order valence-electron chi connectivity index (χ0n) is 9.92. The zero-order chi connectivity index (χ0) is 13.7. The number of rotatable bonds is 4. The SMILES string of the molecule is O=CN(NC(=O)c1ccc(Cl)cc1)c1ccccc1. The monoisotopic (exact) mass is 274 g/mol. The number of amides is 2. The Morgan fingerprint density at radius 2 is 1.68 bits per heavy atom. The second-order valence-electron chi connectivity index (χ2n) is 3.76. The van der Waals surface area contributed by atoms with Gasteiger partial charge >= 0.3 is 0 Å². The zero-order valence-corrected chi connectivity index (χ0v) is 10.7. The fourth-order valence-electron chi connectivity index (χ4n) is 1.52. The van der Waals surface area contributed by atoms with E-state index in [2.05, 4.69) is 5.43 Å². The van der Waals surface area contributed by atoms with Gasteiger partial charge in [0, 0.05) is 10.6 Å². The summed E-state index contributed by atoms with van der Waals surface area (Å²) in [4.78, 5) is 23.0. The molecule has 0 saturated heterocycles. The standard InChI is InChI=1S/C14H11ClN2O2/c15-12-8-6-11(7-9-12)14(19)16-17(10-18)13-4-2-1-3-5-13/h1-10H,(H,16,19). The quantitative estimate of drug-likeness (QED) is 0.688. The molecule has 5 heteroatoms. The molecule has 0 atom stereocenters. The summed E-state index contributed by atoms with van der Waals surface area (Å²) in [5.74, 6) is -0.382. The van der Waals surface area contributed by atoms with E-state index in [-0.39, 0.29) is 5.91 Å². The highest BCUT2D eigenvalue weighted by molar-refractivity contribution is 6.30. The minimum Gasteiger partial charge on any atom is -0.276 e. The van der Waals surface area contributed by atoms with Crippen LogP contribution in [0.3, 0.4) is 0 Å². The second-order valence-corrected chi connectivity index (χ2v) is 4.20. The number of para-hydroxylation sites is 1. The van der Waals surface area contributed by atoms with E-state index in [0.717, 1.165) is 5.01 Å². The van der Waals surface area contributed by atoms with E-state index >= 15 is 0 Å². The molecule has 19 heavy (non-hydrogen) atoms. The number of hydrazine groups is 1. The molecule has 0 unspecified atom stereocenters. The Labute approximate surface area is 115 Å². The number of benzene rings is 2. The Balaban J connectivity index is 2.13. The van der Waals surface area contributed by atoms with Crippen LogP contribution in [0.4, 0.5) is 5.69 Å². The summed E-state index contributed by atoms with van der Waals surface area (Å²) in [7, 11) is 0. The maximum Gasteiger partial charge on any atom is 0.270 e. The van der Waals surface area contributed by atoms with Crippen molar-refractivity contribution in [1.82, 2.24) is 5.43 Å². The first-order chi connectivity index (χ1) is 9.20. The number of carbonyl (C=O) groups is 2. The molecule has 0 bridgehead atoms. The average molecular weight is 275 g/mol. The number of hydrogen-bond donors (Lipinski definition) is 1. The molecule has 2 aromatic carbocycles. The molecular weight excluding hydrogens is 264 g/mol. The van der Waals surface area contributed by atoms with E-state index in [1.165, 1.54) is 0 Å². The van der Waals surface area contributed by atoms with Crippen LogP contribution >= 0.6 is 11.6 Å². The van der Waals surface area contributed by atoms with Gasteiger partial charge in [0.2, 0.25) is 6.41 Å². The number of nitrogens with zero attached hydrogens (tertiary/aromatic N) is 1. The lowest BCUT2D eigenvalue weighted by Gasteiger charge is -2.18. The lowest BCUT2D eigenvalue weighted by molar-refractivity contribution is -0.107. The van der Waals surface area contributed by atoms with Crippen LogP contribution in [-0.4, -0.2) is 12.3 Å². The van der Waals surface area contributed by atoms with Gasteiger partial charge in [0.1, 0.15) is 0 Å². The number of carbonyl (C=O) groups excluding carboxylic acids is 2. The van der Waals surface area contributed by atoms with Crippen molar-refractivity contribution in [3.63, 3.8) is 0 Å². The average Bonchev–Trinajstić information content (AvgIpc) is 2.46. The summed E-state index contributed by atoms with van der Waals surface area (Å²) in [6.07, 6.45) is 0.545. The molecule has 0 heterocycles. The predicted octanol–water partition coefficient (Wildman–Crippen LogP) is 2.65. The molecule has 0 aliphatic rings. The van der Waals surface area contributed by atoms with E-state index < -0.39 is 0 Å². The first-order valence-corrected chi connectivity index (χ1v) is 5.94. The third-order valence-electron chi connectivity index (χ3n) is 2.47. The number of hydrogen-bond acceptors (Lipinski definition) is 2. The molecule has 96 valence electrons. The molecule has 2 amide bonds. The largest absolute Gasteiger partial charge is 0.276 e. The Hall–Kier alpha value is -2.33. The highest BCUT2D eigenvalue weighted by Gasteiger charge is 2.10. The van der Waals surface area contributed by atoms with Crippen LogP contribution in [0.2, 0.25) is 5.02 Å². The molecule has 0 aromatic heterocycles. The van der Waals surface area contributed by atoms with Gasteiger partial charge in [-0.25, -0.2) is 5.01 Å². The second kappa shape index (κ2) is 6.02. The minimum absolute atomic E-state index is 0.382. The molecule has 0 aliphatic carbocycles. The molecule has 0 saturated carbocycles. The summed E-state index contributed by atoms with van der Waals surface area (Å²) in [6.45, 7) is 0. The van der Waals surface area contributed by atoms with Crippen molar-refractivity contribution in [3.05, 3.63) is 65.2 Å². The topological polar surface area (TPSA) is 49.4 Å². The van der Waals surface area contributed by atoms with Crippen molar-refractivity contribution < 1.29 is 9.59 Å². The van der Waals surface area contributed by atoms with Crippen molar-refractivity contribution >= 4 is 29.6 Å². The van der Waals surface area contributed by atoms with E-state index in [4.69, 9.17) is 11.6 Å². The maximum atomic E-state index is 11.9. The van der Waals surface area contributed by atoms with E-state index in [9.17, 15) is 9.59 Å². The summed E-state index contributed by atoms with van der Waals surface area (Å²) in [5, 5.41) is 1.67. The van der Waals surface area contributed by atoms with E-state index in [1.54, 1.807) is 48.5 Å². The van der Waals surface area contributed by atoms with E-state index in [1.807, 2.05) is 6.07 Å². The smallest absolute Gasteiger partial charge is 0.270 e. The van der Waals surface area contributed by atoms with Gasteiger partial charge in [-0.3, -0.25) is 15.0 Å². The summed E-state index contributed by atoms with van der Waals surface area (Å²) in [5.41, 5.74) is 3.51. The van der Waals surface area contributed by atoms with Crippen molar-refractivity contribution in [2.45, 2.75) is 0 Å². The highest BCUT2D eigenvalue weighted by Crippen LogP contribution is 2.12. The van der Waals surface area contributed by atoms with Gasteiger partial charge in [-0.2, -0.15) is 0 Å². The highest BCUT2D eigenvalue weighted by atomic mass is 35.5. The molecular formula is C14H11ClN2O2. The van der Waals surface area contributed by atoms with Crippen LogP contribution < -0.4 is 10.4 Å². The Bertz CT molecular complexity index is 570. The predicted molar refractivity (Wildman–Crippen MR) is 73.9 cm³/mol. The van der Waals surface area contributed by atoms with E-state index in [0.29, 0.717) is 22.7 Å². The number of nitrogens with one attached hydrogen (secondary N) is 1. The third-order valence-corrected chi connectivity index (χ3v) is 2.72. The van der Waals surface area contributed by atoms with Crippen molar-refractivity contribution in [1.29, 1.82) is 0 Å². The minimum atomic E-state index is -0.382. The van der Waals surface area contributed by atoms with Crippen LogP contribution in [0.25, 0.3) is 0 Å². The van der Waals surface area contributed by atoms with Gasteiger partial charge in [0.25, 0.3) is 5.91 Å². The Morgan fingerprint density at radius 3 is 2.26 bits per heavy atom. The summed E-state index contributed by atoms with van der Waals surface area (Å²) in [6, 6.07) is 15.2. The van der Waals surface area contributed by atoms with Gasteiger partial charge in [0.05, 0.1) is 5.69 Å². The molecule has 2 rings (SSSR count). The molecule has 0 aliphatic heterocycles. The van der Waals surface area contributed by atoms with Crippen LogP contribution in [0.5, 0.6) is 0 Å². The normalized spacial score (nSPS) is 9.74. The van der Waals surface area contributed by atoms with Crippen molar-refractivity contribution in [2.75, 3.05) is 5.01 Å². The van der Waals surface area contributed by atoms with Crippen LogP contribution in [0.15, 0.2) is 54.6 Å². The summed E-state index contributed by atoms with van der Waals surface area (Å²) < 4.78 is 0.